The predicted octanol–water partition coefficient (Wildman–Crippen LogP) is 8.14. The van der Waals surface area contributed by atoms with E-state index in [0.717, 1.165) is 0 Å². The monoisotopic (exact) mass is 372 g/mol. The lowest BCUT2D eigenvalue weighted by molar-refractivity contribution is 0.186. The van der Waals surface area contributed by atoms with Crippen LogP contribution in [0.15, 0.2) is 0 Å². The van der Waals surface area contributed by atoms with Gasteiger partial charge in [0.2, 0.25) is 0 Å². The molecule has 0 amide bonds. The van der Waals surface area contributed by atoms with Gasteiger partial charge in [-0.1, -0.05) is 110 Å². The van der Waals surface area contributed by atoms with Crippen molar-refractivity contribution in [2.75, 3.05) is 5.75 Å². The number of unbranched alkanes of at least 4 members (excludes halogenated alkanes) is 14. The van der Waals surface area contributed by atoms with E-state index in [0.29, 0.717) is 5.25 Å². The van der Waals surface area contributed by atoms with Gasteiger partial charge in [-0.25, -0.2) is 0 Å². The highest BCUT2D eigenvalue weighted by Gasteiger charge is 2.14. The summed E-state index contributed by atoms with van der Waals surface area (Å²) in [4.78, 5) is 0. The minimum Gasteiger partial charge on any atom is -0.392 e. The van der Waals surface area contributed by atoms with E-state index in [1.807, 2.05) is 18.7 Å². The standard InChI is InChI=1S/C23H48OS/c1-4-6-8-10-12-13-14-15-17-19-21-25-23(22(3)24)20-18-16-11-9-7-5-2/h22-24H,4-21H2,1-3H3. The van der Waals surface area contributed by atoms with E-state index in [4.69, 9.17) is 0 Å². The number of aliphatic hydroxyl groups is 1. The van der Waals surface area contributed by atoms with Crippen LogP contribution in [0, 0.1) is 0 Å². The summed E-state index contributed by atoms with van der Waals surface area (Å²) < 4.78 is 0. The Bertz CT molecular complexity index is 242. The topological polar surface area (TPSA) is 20.2 Å². The fraction of sp³-hybridized carbons (Fsp3) is 1.00. The van der Waals surface area contributed by atoms with Crippen molar-refractivity contribution in [3.63, 3.8) is 0 Å². The van der Waals surface area contributed by atoms with Crippen LogP contribution in [-0.4, -0.2) is 22.2 Å². The third-order valence-corrected chi connectivity index (χ3v) is 6.79. The molecule has 152 valence electrons. The molecule has 0 aliphatic heterocycles. The van der Waals surface area contributed by atoms with Crippen LogP contribution in [0.3, 0.4) is 0 Å². The maximum Gasteiger partial charge on any atom is 0.0630 e. The summed E-state index contributed by atoms with van der Waals surface area (Å²) in [5.41, 5.74) is 0. The second-order valence-electron chi connectivity index (χ2n) is 7.89. The van der Waals surface area contributed by atoms with E-state index in [2.05, 4.69) is 13.8 Å². The summed E-state index contributed by atoms with van der Waals surface area (Å²) >= 11 is 2.03. The lowest BCUT2D eigenvalue weighted by Crippen LogP contribution is -2.19. The number of hydrogen-bond acceptors (Lipinski definition) is 2. The molecule has 2 unspecified atom stereocenters. The van der Waals surface area contributed by atoms with Crippen molar-refractivity contribution in [3.05, 3.63) is 0 Å². The Kier molecular flexibility index (Phi) is 20.9. The first kappa shape index (κ1) is 25.3. The summed E-state index contributed by atoms with van der Waals surface area (Å²) in [6.07, 6.45) is 23.2. The summed E-state index contributed by atoms with van der Waals surface area (Å²) in [5.74, 6) is 1.24. The number of thioether (sulfide) groups is 1. The van der Waals surface area contributed by atoms with E-state index in [1.54, 1.807) is 0 Å². The van der Waals surface area contributed by atoms with Crippen LogP contribution in [0.2, 0.25) is 0 Å². The van der Waals surface area contributed by atoms with Gasteiger partial charge in [0.1, 0.15) is 0 Å². The minimum absolute atomic E-state index is 0.149. The molecule has 0 spiro atoms. The lowest BCUT2D eigenvalue weighted by atomic mass is 10.1. The van der Waals surface area contributed by atoms with Gasteiger partial charge >= 0.3 is 0 Å². The first-order valence-corrected chi connectivity index (χ1v) is 12.6. The Hall–Kier alpha value is 0.310. The molecular formula is C23H48OS. The van der Waals surface area contributed by atoms with Crippen LogP contribution in [0.1, 0.15) is 130 Å². The zero-order valence-corrected chi connectivity index (χ0v) is 18.6. The molecule has 0 aliphatic carbocycles. The van der Waals surface area contributed by atoms with E-state index >= 15 is 0 Å². The third kappa shape index (κ3) is 18.9. The first-order valence-electron chi connectivity index (χ1n) is 11.5. The molecule has 0 fully saturated rings. The summed E-state index contributed by atoms with van der Waals surface area (Å²) in [6.45, 7) is 6.54. The number of hydrogen-bond donors (Lipinski definition) is 1. The van der Waals surface area contributed by atoms with Crippen LogP contribution in [0.4, 0.5) is 0 Å². The molecule has 0 rings (SSSR count). The minimum atomic E-state index is -0.149. The summed E-state index contributed by atoms with van der Waals surface area (Å²) in [7, 11) is 0. The molecule has 2 atom stereocenters. The Balaban J connectivity index is 3.42. The molecule has 0 aromatic heterocycles. The predicted molar refractivity (Wildman–Crippen MR) is 118 cm³/mol. The van der Waals surface area contributed by atoms with Gasteiger partial charge in [0, 0.05) is 5.25 Å². The highest BCUT2D eigenvalue weighted by atomic mass is 32.2. The average molecular weight is 373 g/mol. The molecule has 2 heteroatoms. The zero-order chi connectivity index (χ0) is 18.6. The van der Waals surface area contributed by atoms with Gasteiger partial charge in [0.25, 0.3) is 0 Å². The molecule has 0 aliphatic rings. The van der Waals surface area contributed by atoms with Crippen LogP contribution in [0.25, 0.3) is 0 Å². The smallest absolute Gasteiger partial charge is 0.0630 e. The van der Waals surface area contributed by atoms with Crippen molar-refractivity contribution >= 4 is 11.8 Å². The molecule has 0 heterocycles. The number of aliphatic hydroxyl groups excluding tert-OH is 1. The lowest BCUT2D eigenvalue weighted by Gasteiger charge is -2.19. The van der Waals surface area contributed by atoms with Crippen molar-refractivity contribution < 1.29 is 5.11 Å². The van der Waals surface area contributed by atoms with E-state index < -0.39 is 0 Å². The molecule has 0 bridgehead atoms. The van der Waals surface area contributed by atoms with E-state index in [9.17, 15) is 5.11 Å². The SMILES string of the molecule is CCCCCCCCCCCCSC(CCCCCCCC)C(C)O. The van der Waals surface area contributed by atoms with Gasteiger partial charge < -0.3 is 5.11 Å². The Morgan fingerprint density at radius 3 is 1.44 bits per heavy atom. The molecule has 0 aromatic rings. The molecular weight excluding hydrogens is 324 g/mol. The third-order valence-electron chi connectivity index (χ3n) is 5.21. The van der Waals surface area contributed by atoms with Gasteiger partial charge in [0.05, 0.1) is 6.10 Å². The quantitative estimate of drug-likeness (QED) is 0.218. The van der Waals surface area contributed by atoms with Gasteiger partial charge in [-0.05, 0) is 25.5 Å². The molecule has 25 heavy (non-hydrogen) atoms. The largest absolute Gasteiger partial charge is 0.392 e. The van der Waals surface area contributed by atoms with Gasteiger partial charge in [0.15, 0.2) is 0 Å². The molecule has 1 nitrogen and oxygen atoms in total. The molecule has 0 radical (unpaired) electrons. The Morgan fingerprint density at radius 1 is 0.600 bits per heavy atom. The van der Waals surface area contributed by atoms with Crippen molar-refractivity contribution in [2.45, 2.75) is 141 Å². The van der Waals surface area contributed by atoms with Gasteiger partial charge in [-0.3, -0.25) is 0 Å². The van der Waals surface area contributed by atoms with E-state index in [1.165, 1.54) is 115 Å². The maximum atomic E-state index is 9.99. The van der Waals surface area contributed by atoms with E-state index in [-0.39, 0.29) is 6.10 Å². The molecule has 0 saturated carbocycles. The van der Waals surface area contributed by atoms with Crippen molar-refractivity contribution in [2.24, 2.45) is 0 Å². The highest BCUT2D eigenvalue weighted by Crippen LogP contribution is 2.23. The second kappa shape index (κ2) is 20.6. The first-order chi connectivity index (χ1) is 12.2. The second-order valence-corrected chi connectivity index (χ2v) is 9.24. The van der Waals surface area contributed by atoms with Gasteiger partial charge in [-0.2, -0.15) is 11.8 Å². The maximum absolute atomic E-state index is 9.99. The molecule has 0 saturated heterocycles. The normalized spacial score (nSPS) is 13.9. The van der Waals surface area contributed by atoms with Crippen molar-refractivity contribution in [1.82, 2.24) is 0 Å². The van der Waals surface area contributed by atoms with Crippen LogP contribution < -0.4 is 0 Å². The fourth-order valence-corrected chi connectivity index (χ4v) is 4.70. The summed E-state index contributed by atoms with van der Waals surface area (Å²) in [5, 5.41) is 10.5. The Labute approximate surface area is 164 Å². The van der Waals surface area contributed by atoms with Gasteiger partial charge in [-0.15, -0.1) is 0 Å². The van der Waals surface area contributed by atoms with Crippen LogP contribution in [-0.2, 0) is 0 Å². The molecule has 1 N–H and O–H groups in total. The Morgan fingerprint density at radius 2 is 1.00 bits per heavy atom. The summed E-state index contributed by atoms with van der Waals surface area (Å²) in [6, 6.07) is 0. The fourth-order valence-electron chi connectivity index (χ4n) is 3.41. The van der Waals surface area contributed by atoms with Crippen LogP contribution >= 0.6 is 11.8 Å². The average Bonchev–Trinajstić information content (AvgIpc) is 2.60. The van der Waals surface area contributed by atoms with Crippen molar-refractivity contribution in [3.8, 4) is 0 Å². The number of rotatable bonds is 20. The van der Waals surface area contributed by atoms with Crippen molar-refractivity contribution in [1.29, 1.82) is 0 Å². The molecule has 0 aromatic carbocycles. The zero-order valence-electron chi connectivity index (χ0n) is 17.7. The van der Waals surface area contributed by atoms with Crippen LogP contribution in [0.5, 0.6) is 0 Å². The highest BCUT2D eigenvalue weighted by molar-refractivity contribution is 7.99.